The molecule has 0 spiro atoms. The lowest BCUT2D eigenvalue weighted by Crippen LogP contribution is -2.18. The van der Waals surface area contributed by atoms with Crippen LogP contribution < -0.4 is 5.30 Å². The number of rotatable bonds is 7. The number of halogens is 2. The molecule has 6 nitrogen and oxygen atoms in total. The van der Waals surface area contributed by atoms with Gasteiger partial charge in [0, 0.05) is 0 Å². The van der Waals surface area contributed by atoms with Crippen molar-refractivity contribution in [2.45, 2.75) is 44.8 Å². The number of benzene rings is 1. The first-order chi connectivity index (χ1) is 10.4. The second kappa shape index (κ2) is 7.83. The van der Waals surface area contributed by atoms with Crippen LogP contribution in [0.25, 0.3) is 0 Å². The van der Waals surface area contributed by atoms with E-state index in [9.17, 15) is 13.0 Å². The van der Waals surface area contributed by atoms with E-state index in [1.165, 1.54) is 12.1 Å². The molecule has 23 heavy (non-hydrogen) atoms. The molecule has 0 aliphatic carbocycles. The van der Waals surface area contributed by atoms with Gasteiger partial charge in [0.15, 0.2) is 0 Å². The highest BCUT2D eigenvalue weighted by atomic mass is 35.5. The highest BCUT2D eigenvalue weighted by Gasteiger charge is 2.33. The fourth-order valence-electron chi connectivity index (χ4n) is 1.73. The predicted molar refractivity (Wildman–Crippen MR) is 90.3 cm³/mol. The Labute approximate surface area is 146 Å². The summed E-state index contributed by atoms with van der Waals surface area (Å²) in [5.74, 6) is 0. The van der Waals surface area contributed by atoms with Gasteiger partial charge in [0.2, 0.25) is 0 Å². The topological polar surface area (TPSA) is 78.9 Å². The molecule has 10 heteroatoms. The largest absolute Gasteiger partial charge is 0.361 e. The SMILES string of the molecule is COS(=O)(=O)c1c(Cl)cc(P(=O)(OC(C)C)OC(C)C)cc1Cl. The molecular weight excluding hydrogens is 386 g/mol. The molecule has 0 heterocycles. The van der Waals surface area contributed by atoms with E-state index in [1.54, 1.807) is 27.7 Å². The van der Waals surface area contributed by atoms with E-state index >= 15 is 0 Å². The Morgan fingerprint density at radius 1 is 1.00 bits per heavy atom. The van der Waals surface area contributed by atoms with Gasteiger partial charge in [0.25, 0.3) is 10.1 Å². The van der Waals surface area contributed by atoms with Crippen LogP contribution >= 0.6 is 30.8 Å². The van der Waals surface area contributed by atoms with Crippen LogP contribution in [0.15, 0.2) is 17.0 Å². The lowest BCUT2D eigenvalue weighted by Gasteiger charge is -2.23. The molecule has 0 fully saturated rings. The maximum Gasteiger partial charge on any atom is 0.361 e. The third kappa shape index (κ3) is 5.16. The van der Waals surface area contributed by atoms with E-state index in [4.69, 9.17) is 32.2 Å². The minimum atomic E-state index is -4.10. The molecule has 0 N–H and O–H groups in total. The molecule has 132 valence electrons. The van der Waals surface area contributed by atoms with Gasteiger partial charge in [-0.2, -0.15) is 8.42 Å². The van der Waals surface area contributed by atoms with Crippen molar-refractivity contribution in [1.82, 2.24) is 0 Å². The van der Waals surface area contributed by atoms with Gasteiger partial charge in [0.1, 0.15) is 4.90 Å². The average molecular weight is 405 g/mol. The Morgan fingerprint density at radius 3 is 1.70 bits per heavy atom. The Bertz CT molecular complexity index is 680. The van der Waals surface area contributed by atoms with Crippen molar-refractivity contribution in [2.24, 2.45) is 0 Å². The van der Waals surface area contributed by atoms with Crippen molar-refractivity contribution in [3.05, 3.63) is 22.2 Å². The van der Waals surface area contributed by atoms with Crippen molar-refractivity contribution in [2.75, 3.05) is 7.11 Å². The van der Waals surface area contributed by atoms with Crippen LogP contribution in [0, 0.1) is 0 Å². The van der Waals surface area contributed by atoms with Crippen molar-refractivity contribution >= 4 is 46.2 Å². The molecule has 0 unspecified atom stereocenters. The van der Waals surface area contributed by atoms with Crippen LogP contribution in [0.2, 0.25) is 10.0 Å². The molecule has 0 amide bonds. The van der Waals surface area contributed by atoms with Gasteiger partial charge >= 0.3 is 7.60 Å². The summed E-state index contributed by atoms with van der Waals surface area (Å²) in [5, 5.41) is -0.381. The quantitative estimate of drug-likeness (QED) is 0.504. The zero-order chi connectivity index (χ0) is 18.0. The molecule has 1 aromatic carbocycles. The summed E-state index contributed by atoms with van der Waals surface area (Å²) in [7, 11) is -6.84. The van der Waals surface area contributed by atoms with Crippen LogP contribution in [0.1, 0.15) is 27.7 Å². The Balaban J connectivity index is 3.51. The fraction of sp³-hybridized carbons (Fsp3) is 0.538. The first-order valence-corrected chi connectivity index (χ1v) is 10.4. The van der Waals surface area contributed by atoms with Crippen molar-refractivity contribution in [3.63, 3.8) is 0 Å². The second-order valence-electron chi connectivity index (χ2n) is 5.17. The minimum absolute atomic E-state index is 0.0740. The van der Waals surface area contributed by atoms with Crippen LogP contribution in [0.3, 0.4) is 0 Å². The summed E-state index contributed by atoms with van der Waals surface area (Å²) < 4.78 is 52.0. The predicted octanol–water partition coefficient (Wildman–Crippen LogP) is 4.00. The molecule has 0 saturated carbocycles. The summed E-state index contributed by atoms with van der Waals surface area (Å²) in [6, 6.07) is 2.40. The molecule has 0 bridgehead atoms. The Morgan fingerprint density at radius 2 is 1.39 bits per heavy atom. The third-order valence-electron chi connectivity index (χ3n) is 2.47. The van der Waals surface area contributed by atoms with E-state index in [0.717, 1.165) is 7.11 Å². The van der Waals surface area contributed by atoms with Gasteiger partial charge in [-0.1, -0.05) is 23.2 Å². The smallest absolute Gasteiger partial charge is 0.302 e. The number of hydrogen-bond acceptors (Lipinski definition) is 6. The van der Waals surface area contributed by atoms with Gasteiger partial charge in [-0.3, -0.25) is 8.75 Å². The van der Waals surface area contributed by atoms with Crippen molar-refractivity contribution < 1.29 is 26.2 Å². The molecule has 0 atom stereocenters. The van der Waals surface area contributed by atoms with Crippen LogP contribution in [-0.2, 0) is 27.9 Å². The summed E-state index contributed by atoms with van der Waals surface area (Å²) in [6.45, 7) is 6.79. The second-order valence-corrected chi connectivity index (χ2v) is 9.56. The molecule has 0 aliphatic rings. The summed E-state index contributed by atoms with van der Waals surface area (Å²) in [6.07, 6.45) is -0.779. The van der Waals surface area contributed by atoms with Gasteiger partial charge in [-0.05, 0) is 39.8 Å². The molecular formula is C13H19Cl2O6PS. The van der Waals surface area contributed by atoms with Gasteiger partial charge < -0.3 is 9.05 Å². The molecule has 0 aromatic heterocycles. The molecule has 1 aromatic rings. The first kappa shape index (κ1) is 20.9. The van der Waals surface area contributed by atoms with Gasteiger partial charge in [-0.25, -0.2) is 0 Å². The van der Waals surface area contributed by atoms with Crippen LogP contribution in [-0.4, -0.2) is 27.7 Å². The number of hydrogen-bond donors (Lipinski definition) is 0. The molecule has 0 radical (unpaired) electrons. The average Bonchev–Trinajstić information content (AvgIpc) is 2.35. The van der Waals surface area contributed by atoms with Gasteiger partial charge in [0.05, 0.1) is 34.7 Å². The fourth-order valence-corrected chi connectivity index (χ4v) is 5.67. The van der Waals surface area contributed by atoms with E-state index in [1.807, 2.05) is 0 Å². The van der Waals surface area contributed by atoms with Gasteiger partial charge in [-0.15, -0.1) is 0 Å². The Kier molecular flexibility index (Phi) is 7.11. The minimum Gasteiger partial charge on any atom is -0.302 e. The van der Waals surface area contributed by atoms with E-state index in [-0.39, 0.29) is 27.6 Å². The maximum atomic E-state index is 13.0. The maximum absolute atomic E-state index is 13.0. The van der Waals surface area contributed by atoms with E-state index in [0.29, 0.717) is 0 Å². The summed E-state index contributed by atoms with van der Waals surface area (Å²) >= 11 is 12.0. The summed E-state index contributed by atoms with van der Waals surface area (Å²) in [5.41, 5.74) is 0. The normalized spacial score (nSPS) is 13.1. The van der Waals surface area contributed by atoms with Crippen LogP contribution in [0.5, 0.6) is 0 Å². The molecule has 0 aliphatic heterocycles. The first-order valence-electron chi connectivity index (χ1n) is 6.70. The highest BCUT2D eigenvalue weighted by molar-refractivity contribution is 7.87. The van der Waals surface area contributed by atoms with E-state index < -0.39 is 22.6 Å². The zero-order valence-electron chi connectivity index (χ0n) is 13.4. The standard InChI is InChI=1S/C13H19Cl2O6PS/c1-8(2)20-22(16,21-9(3)4)10-6-11(14)13(12(15)7-10)23(17,18)19-5/h6-9H,1-5H3. The highest BCUT2D eigenvalue weighted by Crippen LogP contribution is 2.50. The van der Waals surface area contributed by atoms with E-state index in [2.05, 4.69) is 4.18 Å². The van der Waals surface area contributed by atoms with Crippen molar-refractivity contribution in [1.29, 1.82) is 0 Å². The lowest BCUT2D eigenvalue weighted by molar-refractivity contribution is 0.150. The lowest BCUT2D eigenvalue weighted by atomic mass is 10.3. The van der Waals surface area contributed by atoms with Crippen LogP contribution in [0.4, 0.5) is 0 Å². The third-order valence-corrected chi connectivity index (χ3v) is 6.96. The molecule has 0 saturated heterocycles. The molecule has 1 rings (SSSR count). The zero-order valence-corrected chi connectivity index (χ0v) is 16.6. The summed E-state index contributed by atoms with van der Waals surface area (Å²) in [4.78, 5) is -0.396. The van der Waals surface area contributed by atoms with Crippen molar-refractivity contribution in [3.8, 4) is 0 Å². The monoisotopic (exact) mass is 404 g/mol. The Hall–Kier alpha value is -0.140.